The normalized spacial score (nSPS) is 18.7. The van der Waals surface area contributed by atoms with Crippen molar-refractivity contribution < 1.29 is 9.53 Å². The predicted octanol–water partition coefficient (Wildman–Crippen LogP) is 1.56. The first-order valence-corrected chi connectivity index (χ1v) is 8.17. The van der Waals surface area contributed by atoms with Gasteiger partial charge >= 0.3 is 0 Å². The van der Waals surface area contributed by atoms with Gasteiger partial charge in [0.2, 0.25) is 0 Å². The van der Waals surface area contributed by atoms with Crippen molar-refractivity contribution in [3.63, 3.8) is 0 Å². The summed E-state index contributed by atoms with van der Waals surface area (Å²) >= 11 is 0. The molecule has 0 unspecified atom stereocenters. The standard InChI is InChI=1S/C17H24N4O2/c1-3-17(2,21-8-10-23-11-9-21)13-18-16(22)14-12-20-7-5-4-6-15(20)19-14/h4-7,12H,3,8-11,13H2,1-2H3,(H,18,22)/t17-/m0/s1. The van der Waals surface area contributed by atoms with Gasteiger partial charge in [-0.2, -0.15) is 0 Å². The van der Waals surface area contributed by atoms with Crippen LogP contribution < -0.4 is 5.32 Å². The largest absolute Gasteiger partial charge is 0.379 e. The highest BCUT2D eigenvalue weighted by molar-refractivity contribution is 5.92. The van der Waals surface area contributed by atoms with Gasteiger partial charge in [0.1, 0.15) is 11.3 Å². The molecule has 0 aliphatic carbocycles. The molecule has 6 nitrogen and oxygen atoms in total. The average molecular weight is 316 g/mol. The van der Waals surface area contributed by atoms with Crippen LogP contribution in [0.4, 0.5) is 0 Å². The van der Waals surface area contributed by atoms with E-state index in [1.807, 2.05) is 28.8 Å². The highest BCUT2D eigenvalue weighted by Gasteiger charge is 2.31. The Bertz CT molecular complexity index is 645. The summed E-state index contributed by atoms with van der Waals surface area (Å²) in [5.74, 6) is -0.123. The van der Waals surface area contributed by atoms with Crippen LogP contribution in [0.25, 0.3) is 5.65 Å². The second-order valence-corrected chi connectivity index (χ2v) is 6.22. The number of imidazole rings is 1. The van der Waals surface area contributed by atoms with Crippen molar-refractivity contribution >= 4 is 11.6 Å². The molecule has 0 saturated carbocycles. The number of aromatic nitrogens is 2. The van der Waals surface area contributed by atoms with Crippen LogP contribution >= 0.6 is 0 Å². The molecule has 0 spiro atoms. The van der Waals surface area contributed by atoms with Crippen molar-refractivity contribution in [3.8, 4) is 0 Å². The van der Waals surface area contributed by atoms with E-state index >= 15 is 0 Å². The number of fused-ring (bicyclic) bond motifs is 1. The zero-order valence-electron chi connectivity index (χ0n) is 13.8. The lowest BCUT2D eigenvalue weighted by Gasteiger charge is -2.43. The summed E-state index contributed by atoms with van der Waals surface area (Å²) in [5, 5.41) is 3.05. The molecule has 1 amide bonds. The van der Waals surface area contributed by atoms with E-state index in [1.54, 1.807) is 6.20 Å². The molecule has 1 N–H and O–H groups in total. The minimum absolute atomic E-state index is 0.0569. The summed E-state index contributed by atoms with van der Waals surface area (Å²) in [4.78, 5) is 19.2. The van der Waals surface area contributed by atoms with Crippen LogP contribution in [0.2, 0.25) is 0 Å². The topological polar surface area (TPSA) is 58.9 Å². The van der Waals surface area contributed by atoms with Gasteiger partial charge in [0.05, 0.1) is 13.2 Å². The van der Waals surface area contributed by atoms with E-state index in [0.29, 0.717) is 12.2 Å². The van der Waals surface area contributed by atoms with Crippen LogP contribution in [0, 0.1) is 0 Å². The number of hydrogen-bond donors (Lipinski definition) is 1. The Kier molecular flexibility index (Phi) is 4.63. The Hall–Kier alpha value is -1.92. The van der Waals surface area contributed by atoms with Gasteiger partial charge in [-0.05, 0) is 25.5 Å². The molecular formula is C17H24N4O2. The van der Waals surface area contributed by atoms with E-state index < -0.39 is 0 Å². The zero-order chi connectivity index (χ0) is 16.3. The van der Waals surface area contributed by atoms with E-state index in [9.17, 15) is 4.79 Å². The molecule has 3 rings (SSSR count). The monoisotopic (exact) mass is 316 g/mol. The average Bonchev–Trinajstić information content (AvgIpc) is 3.04. The summed E-state index contributed by atoms with van der Waals surface area (Å²) in [7, 11) is 0. The van der Waals surface area contributed by atoms with Gasteiger partial charge < -0.3 is 14.5 Å². The van der Waals surface area contributed by atoms with Crippen LogP contribution in [0.1, 0.15) is 30.8 Å². The Morgan fingerprint density at radius 3 is 2.87 bits per heavy atom. The number of amides is 1. The molecule has 0 radical (unpaired) electrons. The number of carbonyl (C=O) groups is 1. The fraction of sp³-hybridized carbons (Fsp3) is 0.529. The van der Waals surface area contributed by atoms with Gasteiger partial charge in [-0.15, -0.1) is 0 Å². The van der Waals surface area contributed by atoms with Gasteiger partial charge in [-0.3, -0.25) is 9.69 Å². The molecule has 1 fully saturated rings. The third-order valence-electron chi connectivity index (χ3n) is 4.76. The van der Waals surface area contributed by atoms with E-state index in [2.05, 4.69) is 29.0 Å². The minimum Gasteiger partial charge on any atom is -0.379 e. The third-order valence-corrected chi connectivity index (χ3v) is 4.76. The Labute approximate surface area is 136 Å². The fourth-order valence-electron chi connectivity index (χ4n) is 2.97. The highest BCUT2D eigenvalue weighted by Crippen LogP contribution is 2.20. The van der Waals surface area contributed by atoms with Crippen molar-refractivity contribution in [3.05, 3.63) is 36.3 Å². The first-order chi connectivity index (χ1) is 11.1. The van der Waals surface area contributed by atoms with Crippen LogP contribution in [-0.4, -0.2) is 58.6 Å². The van der Waals surface area contributed by atoms with Gasteiger partial charge in [-0.25, -0.2) is 4.98 Å². The van der Waals surface area contributed by atoms with E-state index in [-0.39, 0.29) is 11.4 Å². The first kappa shape index (κ1) is 16.0. The summed E-state index contributed by atoms with van der Waals surface area (Å²) in [6.07, 6.45) is 4.63. The molecule has 1 aliphatic rings. The lowest BCUT2D eigenvalue weighted by molar-refractivity contribution is -0.0169. The quantitative estimate of drug-likeness (QED) is 0.909. The van der Waals surface area contributed by atoms with Crippen molar-refractivity contribution in [1.82, 2.24) is 19.6 Å². The van der Waals surface area contributed by atoms with Crippen molar-refractivity contribution in [2.75, 3.05) is 32.8 Å². The first-order valence-electron chi connectivity index (χ1n) is 8.17. The van der Waals surface area contributed by atoms with E-state index in [0.717, 1.165) is 38.4 Å². The van der Waals surface area contributed by atoms with Crippen LogP contribution in [0.5, 0.6) is 0 Å². The van der Waals surface area contributed by atoms with Gasteiger partial charge in [0, 0.05) is 37.6 Å². The molecule has 1 aliphatic heterocycles. The van der Waals surface area contributed by atoms with E-state index in [4.69, 9.17) is 4.74 Å². The molecule has 1 atom stereocenters. The number of morpholine rings is 1. The highest BCUT2D eigenvalue weighted by atomic mass is 16.5. The number of nitrogens with zero attached hydrogens (tertiary/aromatic N) is 3. The maximum Gasteiger partial charge on any atom is 0.271 e. The van der Waals surface area contributed by atoms with Crippen molar-refractivity contribution in [2.45, 2.75) is 25.8 Å². The number of rotatable bonds is 5. The predicted molar refractivity (Wildman–Crippen MR) is 88.6 cm³/mol. The Morgan fingerprint density at radius 2 is 2.17 bits per heavy atom. The maximum atomic E-state index is 12.4. The van der Waals surface area contributed by atoms with Gasteiger partial charge in [0.15, 0.2) is 0 Å². The Balaban J connectivity index is 1.66. The smallest absolute Gasteiger partial charge is 0.271 e. The molecule has 1 saturated heterocycles. The van der Waals surface area contributed by atoms with Crippen molar-refractivity contribution in [1.29, 1.82) is 0 Å². The lowest BCUT2D eigenvalue weighted by atomic mass is 9.95. The molecule has 0 aromatic carbocycles. The maximum absolute atomic E-state index is 12.4. The molecule has 0 bridgehead atoms. The number of pyridine rings is 1. The molecule has 2 aromatic rings. The molecule has 2 aromatic heterocycles. The molecule has 3 heterocycles. The van der Waals surface area contributed by atoms with Gasteiger partial charge in [0.25, 0.3) is 5.91 Å². The molecule has 23 heavy (non-hydrogen) atoms. The summed E-state index contributed by atoms with van der Waals surface area (Å²) in [6.45, 7) is 8.31. The number of ether oxygens (including phenoxy) is 1. The SMILES string of the molecule is CC[C@@](C)(CNC(=O)c1cn2ccccc2n1)N1CCOCC1. The molecule has 6 heteroatoms. The molecular weight excluding hydrogens is 292 g/mol. The third kappa shape index (κ3) is 3.38. The van der Waals surface area contributed by atoms with Gasteiger partial charge in [-0.1, -0.05) is 13.0 Å². The minimum atomic E-state index is -0.123. The summed E-state index contributed by atoms with van der Waals surface area (Å²) in [6, 6.07) is 5.72. The number of nitrogens with one attached hydrogen (secondary N) is 1. The second-order valence-electron chi connectivity index (χ2n) is 6.22. The summed E-state index contributed by atoms with van der Waals surface area (Å²) < 4.78 is 7.28. The number of carbonyl (C=O) groups excluding carboxylic acids is 1. The fourth-order valence-corrected chi connectivity index (χ4v) is 2.97. The number of hydrogen-bond acceptors (Lipinski definition) is 4. The van der Waals surface area contributed by atoms with Crippen molar-refractivity contribution in [2.24, 2.45) is 0 Å². The van der Waals surface area contributed by atoms with Crippen LogP contribution in [-0.2, 0) is 4.74 Å². The Morgan fingerprint density at radius 1 is 1.39 bits per heavy atom. The van der Waals surface area contributed by atoms with Crippen LogP contribution in [0.3, 0.4) is 0 Å². The van der Waals surface area contributed by atoms with Crippen LogP contribution in [0.15, 0.2) is 30.6 Å². The summed E-state index contributed by atoms with van der Waals surface area (Å²) in [5.41, 5.74) is 1.18. The zero-order valence-corrected chi connectivity index (χ0v) is 13.8. The second kappa shape index (κ2) is 6.68. The lowest BCUT2D eigenvalue weighted by Crippen LogP contribution is -2.56. The molecule has 124 valence electrons. The van der Waals surface area contributed by atoms with E-state index in [1.165, 1.54) is 0 Å².